The molecule has 1 amide bonds. The van der Waals surface area contributed by atoms with Crippen LogP contribution in [0.5, 0.6) is 0 Å². The zero-order chi connectivity index (χ0) is 20.8. The molecule has 0 radical (unpaired) electrons. The van der Waals surface area contributed by atoms with Crippen LogP contribution in [0.1, 0.15) is 42.0 Å². The van der Waals surface area contributed by atoms with Crippen molar-refractivity contribution in [1.29, 1.82) is 0 Å². The van der Waals surface area contributed by atoms with Crippen LogP contribution in [0.3, 0.4) is 0 Å². The lowest BCUT2D eigenvalue weighted by atomic mass is 9.94. The van der Waals surface area contributed by atoms with Gasteiger partial charge < -0.3 is 10.2 Å². The SMILES string of the molecule is Cc1ccc(Nc2nccc([C@H]3CCCN(C(=O)CCc4ccccc4)C3)n2)nc1. The summed E-state index contributed by atoms with van der Waals surface area (Å²) in [7, 11) is 0. The van der Waals surface area contributed by atoms with E-state index >= 15 is 0 Å². The number of carbonyl (C=O) groups is 1. The van der Waals surface area contributed by atoms with Crippen molar-refractivity contribution in [3.05, 3.63) is 77.7 Å². The Hall–Kier alpha value is -3.28. The van der Waals surface area contributed by atoms with Gasteiger partial charge in [-0.05, 0) is 49.4 Å². The van der Waals surface area contributed by atoms with Gasteiger partial charge in [-0.15, -0.1) is 0 Å². The van der Waals surface area contributed by atoms with Gasteiger partial charge in [-0.2, -0.15) is 0 Å². The minimum atomic E-state index is 0.222. The first-order chi connectivity index (χ1) is 14.7. The van der Waals surface area contributed by atoms with E-state index < -0.39 is 0 Å². The fourth-order valence-corrected chi connectivity index (χ4v) is 3.82. The highest BCUT2D eigenvalue weighted by Gasteiger charge is 2.25. The first-order valence-corrected chi connectivity index (χ1v) is 10.5. The first kappa shape index (κ1) is 20.0. The number of nitrogens with one attached hydrogen (secondary N) is 1. The molecule has 3 aromatic rings. The summed E-state index contributed by atoms with van der Waals surface area (Å²) in [6.07, 6.45) is 6.94. The van der Waals surface area contributed by atoms with Crippen molar-refractivity contribution in [3.8, 4) is 0 Å². The number of hydrogen-bond acceptors (Lipinski definition) is 5. The topological polar surface area (TPSA) is 71.0 Å². The summed E-state index contributed by atoms with van der Waals surface area (Å²) in [6.45, 7) is 3.55. The molecule has 1 aromatic carbocycles. The number of benzene rings is 1. The molecule has 1 N–H and O–H groups in total. The lowest BCUT2D eigenvalue weighted by Crippen LogP contribution is -2.39. The van der Waals surface area contributed by atoms with E-state index in [0.29, 0.717) is 18.9 Å². The maximum atomic E-state index is 12.8. The second kappa shape index (κ2) is 9.48. The fraction of sp³-hybridized carbons (Fsp3) is 0.333. The highest BCUT2D eigenvalue weighted by molar-refractivity contribution is 5.76. The number of aryl methyl sites for hydroxylation is 2. The maximum absolute atomic E-state index is 12.8. The van der Waals surface area contributed by atoms with Gasteiger partial charge in [0.2, 0.25) is 11.9 Å². The molecule has 1 aliphatic heterocycles. The Bertz CT molecular complexity index is 974. The summed E-state index contributed by atoms with van der Waals surface area (Å²) >= 11 is 0. The second-order valence-electron chi connectivity index (χ2n) is 7.82. The molecule has 1 fully saturated rings. The molecule has 6 nitrogen and oxygen atoms in total. The molecule has 1 aliphatic rings. The average molecular weight is 402 g/mol. The number of anilines is 2. The summed E-state index contributed by atoms with van der Waals surface area (Å²) in [4.78, 5) is 28.1. The third kappa shape index (κ3) is 5.20. The van der Waals surface area contributed by atoms with E-state index in [1.165, 1.54) is 5.56 Å². The van der Waals surface area contributed by atoms with Gasteiger partial charge in [0.25, 0.3) is 0 Å². The Balaban J connectivity index is 1.38. The Morgan fingerprint density at radius 1 is 1.13 bits per heavy atom. The molecule has 6 heteroatoms. The Morgan fingerprint density at radius 3 is 2.80 bits per heavy atom. The predicted octanol–water partition coefficient (Wildman–Crippen LogP) is 4.26. The van der Waals surface area contributed by atoms with Gasteiger partial charge >= 0.3 is 0 Å². The number of pyridine rings is 1. The molecule has 0 saturated carbocycles. The van der Waals surface area contributed by atoms with E-state index in [0.717, 1.165) is 42.9 Å². The van der Waals surface area contributed by atoms with Crippen molar-refractivity contribution in [1.82, 2.24) is 19.9 Å². The van der Waals surface area contributed by atoms with E-state index in [4.69, 9.17) is 4.98 Å². The maximum Gasteiger partial charge on any atom is 0.228 e. The molecule has 4 rings (SSSR count). The molecule has 30 heavy (non-hydrogen) atoms. The van der Waals surface area contributed by atoms with Crippen LogP contribution >= 0.6 is 0 Å². The van der Waals surface area contributed by atoms with Crippen LogP contribution in [-0.4, -0.2) is 38.8 Å². The normalized spacial score (nSPS) is 16.3. The molecule has 1 saturated heterocycles. The zero-order valence-corrected chi connectivity index (χ0v) is 17.3. The summed E-state index contributed by atoms with van der Waals surface area (Å²) in [6, 6.07) is 16.1. The molecule has 2 aromatic heterocycles. The number of rotatable bonds is 6. The number of nitrogens with zero attached hydrogens (tertiary/aromatic N) is 4. The van der Waals surface area contributed by atoms with Gasteiger partial charge in [-0.25, -0.2) is 15.0 Å². The molecule has 0 bridgehead atoms. The van der Waals surface area contributed by atoms with E-state index in [-0.39, 0.29) is 11.8 Å². The van der Waals surface area contributed by atoms with Crippen LogP contribution < -0.4 is 5.32 Å². The fourth-order valence-electron chi connectivity index (χ4n) is 3.82. The largest absolute Gasteiger partial charge is 0.342 e. The van der Waals surface area contributed by atoms with Gasteiger partial charge in [0, 0.05) is 37.8 Å². The minimum absolute atomic E-state index is 0.222. The summed E-state index contributed by atoms with van der Waals surface area (Å²) in [5, 5.41) is 3.17. The van der Waals surface area contributed by atoms with Crippen LogP contribution in [0, 0.1) is 6.92 Å². The number of carbonyl (C=O) groups excluding carboxylic acids is 1. The summed E-state index contributed by atoms with van der Waals surface area (Å²) in [5.74, 6) is 1.71. The highest BCUT2D eigenvalue weighted by atomic mass is 16.2. The van der Waals surface area contributed by atoms with Gasteiger partial charge in [0.15, 0.2) is 0 Å². The molecule has 3 heterocycles. The Kier molecular flexibility index (Phi) is 6.32. The molecular weight excluding hydrogens is 374 g/mol. The molecule has 0 unspecified atom stereocenters. The first-order valence-electron chi connectivity index (χ1n) is 10.5. The number of likely N-dealkylation sites (tertiary alicyclic amines) is 1. The quantitative estimate of drug-likeness (QED) is 0.668. The third-order valence-corrected chi connectivity index (χ3v) is 5.49. The predicted molar refractivity (Wildman–Crippen MR) is 118 cm³/mol. The lowest BCUT2D eigenvalue weighted by molar-refractivity contribution is -0.132. The van der Waals surface area contributed by atoms with Crippen LogP contribution in [0.15, 0.2) is 60.9 Å². The standard InChI is InChI=1S/C24H27N5O/c1-18-9-11-22(26-16-18)28-24-25-14-13-21(27-24)20-8-5-15-29(17-20)23(30)12-10-19-6-3-2-4-7-19/h2-4,6-7,9,11,13-14,16,20H,5,8,10,12,15,17H2,1H3,(H,25,26,27,28)/t20-/m0/s1. The molecule has 0 aliphatic carbocycles. The van der Waals surface area contributed by atoms with Crippen LogP contribution in [0.2, 0.25) is 0 Å². The lowest BCUT2D eigenvalue weighted by Gasteiger charge is -2.32. The number of hydrogen-bond donors (Lipinski definition) is 1. The van der Waals surface area contributed by atoms with Gasteiger partial charge in [0.05, 0.1) is 5.69 Å². The van der Waals surface area contributed by atoms with Gasteiger partial charge in [-0.1, -0.05) is 36.4 Å². The monoisotopic (exact) mass is 401 g/mol. The minimum Gasteiger partial charge on any atom is -0.342 e. The second-order valence-corrected chi connectivity index (χ2v) is 7.82. The van der Waals surface area contributed by atoms with Gasteiger partial charge in [-0.3, -0.25) is 4.79 Å². The number of piperidine rings is 1. The smallest absolute Gasteiger partial charge is 0.228 e. The Morgan fingerprint density at radius 2 is 2.00 bits per heavy atom. The van der Waals surface area contributed by atoms with E-state index in [1.807, 2.05) is 54.4 Å². The highest BCUT2D eigenvalue weighted by Crippen LogP contribution is 2.27. The van der Waals surface area contributed by atoms with Crippen molar-refractivity contribution in [2.45, 2.75) is 38.5 Å². The average Bonchev–Trinajstić information content (AvgIpc) is 2.80. The summed E-state index contributed by atoms with van der Waals surface area (Å²) in [5.41, 5.74) is 3.28. The van der Waals surface area contributed by atoms with Crippen molar-refractivity contribution in [2.75, 3.05) is 18.4 Å². The third-order valence-electron chi connectivity index (χ3n) is 5.49. The van der Waals surface area contributed by atoms with E-state index in [1.54, 1.807) is 6.20 Å². The van der Waals surface area contributed by atoms with Gasteiger partial charge in [0.1, 0.15) is 5.82 Å². The van der Waals surface area contributed by atoms with Crippen molar-refractivity contribution >= 4 is 17.7 Å². The van der Waals surface area contributed by atoms with Crippen LogP contribution in [0.25, 0.3) is 0 Å². The van der Waals surface area contributed by atoms with Crippen molar-refractivity contribution < 1.29 is 4.79 Å². The molecule has 0 spiro atoms. The number of amides is 1. The number of aromatic nitrogens is 3. The molecular formula is C24H27N5O. The summed E-state index contributed by atoms with van der Waals surface area (Å²) < 4.78 is 0. The van der Waals surface area contributed by atoms with Crippen LogP contribution in [-0.2, 0) is 11.2 Å². The Labute approximate surface area is 177 Å². The molecule has 154 valence electrons. The zero-order valence-electron chi connectivity index (χ0n) is 17.3. The van der Waals surface area contributed by atoms with Crippen molar-refractivity contribution in [2.24, 2.45) is 0 Å². The van der Waals surface area contributed by atoms with Crippen molar-refractivity contribution in [3.63, 3.8) is 0 Å². The van der Waals surface area contributed by atoms with E-state index in [2.05, 4.69) is 27.4 Å². The van der Waals surface area contributed by atoms with Crippen LogP contribution in [0.4, 0.5) is 11.8 Å². The van der Waals surface area contributed by atoms with E-state index in [9.17, 15) is 4.79 Å². The molecule has 1 atom stereocenters.